The van der Waals surface area contributed by atoms with Crippen molar-refractivity contribution in [2.45, 2.75) is 13.0 Å². The Morgan fingerprint density at radius 2 is 1.88 bits per heavy atom. The first-order chi connectivity index (χ1) is 16.1. The van der Waals surface area contributed by atoms with Gasteiger partial charge >= 0.3 is 5.97 Å². The minimum absolute atomic E-state index is 0.333. The number of rotatable bonds is 6. The number of thiazole rings is 1. The number of hydrogen-bond donors (Lipinski definition) is 2. The van der Waals surface area contributed by atoms with E-state index in [0.29, 0.717) is 22.0 Å². The lowest BCUT2D eigenvalue weighted by molar-refractivity contribution is -0.123. The number of hydrogen-bond acceptors (Lipinski definition) is 7. The van der Waals surface area contributed by atoms with Crippen molar-refractivity contribution in [2.24, 2.45) is 0 Å². The van der Waals surface area contributed by atoms with Gasteiger partial charge in [0.2, 0.25) is 0 Å². The number of nitrogens with one attached hydrogen (secondary N) is 2. The highest BCUT2D eigenvalue weighted by Crippen LogP contribution is 2.28. The van der Waals surface area contributed by atoms with Gasteiger partial charge in [0.05, 0.1) is 27.2 Å². The molecule has 3 aromatic heterocycles. The van der Waals surface area contributed by atoms with Gasteiger partial charge in [-0.15, -0.1) is 22.7 Å². The number of H-pyrrole nitrogens is 1. The Morgan fingerprint density at radius 1 is 1.03 bits per heavy atom. The van der Waals surface area contributed by atoms with Crippen molar-refractivity contribution in [3.05, 3.63) is 77.0 Å². The average Bonchev–Trinajstić information content (AvgIpc) is 3.59. The highest BCUT2D eigenvalue weighted by atomic mass is 32.1. The fourth-order valence-electron chi connectivity index (χ4n) is 3.23. The number of amides is 1. The fourth-order valence-corrected chi connectivity index (χ4v) is 4.70. The number of ether oxygens (including phenoxy) is 1. The van der Waals surface area contributed by atoms with E-state index in [0.717, 1.165) is 21.7 Å². The smallest absolute Gasteiger partial charge is 0.338 e. The zero-order valence-corrected chi connectivity index (χ0v) is 19.1. The number of benzene rings is 2. The van der Waals surface area contributed by atoms with E-state index in [-0.39, 0.29) is 0 Å². The Kier molecular flexibility index (Phi) is 5.72. The van der Waals surface area contributed by atoms with Crippen LogP contribution in [0.15, 0.2) is 71.4 Å². The third kappa shape index (κ3) is 4.55. The van der Waals surface area contributed by atoms with Gasteiger partial charge in [0.15, 0.2) is 11.2 Å². The minimum Gasteiger partial charge on any atom is -0.449 e. The van der Waals surface area contributed by atoms with E-state index in [4.69, 9.17) is 4.74 Å². The predicted molar refractivity (Wildman–Crippen MR) is 130 cm³/mol. The number of carbonyl (C=O) groups is 2. The normalized spacial score (nSPS) is 11.9. The second-order valence-corrected chi connectivity index (χ2v) is 9.04. The van der Waals surface area contributed by atoms with Crippen LogP contribution in [-0.2, 0) is 9.53 Å². The zero-order chi connectivity index (χ0) is 22.8. The number of carbonyl (C=O) groups excluding carboxylic acids is 2. The molecule has 2 aromatic carbocycles. The molecule has 0 spiro atoms. The van der Waals surface area contributed by atoms with Crippen molar-refractivity contribution in [3.8, 4) is 22.0 Å². The summed E-state index contributed by atoms with van der Waals surface area (Å²) in [5, 5.41) is 7.01. The number of anilines is 1. The molecule has 1 unspecified atom stereocenters. The molecule has 5 rings (SSSR count). The van der Waals surface area contributed by atoms with E-state index in [1.54, 1.807) is 29.5 Å². The van der Waals surface area contributed by atoms with E-state index in [9.17, 15) is 9.59 Å². The van der Waals surface area contributed by atoms with E-state index in [1.807, 2.05) is 53.2 Å². The molecule has 2 N–H and O–H groups in total. The maximum absolute atomic E-state index is 12.6. The second kappa shape index (κ2) is 8.97. The van der Waals surface area contributed by atoms with Crippen LogP contribution in [0.4, 0.5) is 5.13 Å². The summed E-state index contributed by atoms with van der Waals surface area (Å²) in [4.78, 5) is 38.4. The molecule has 0 aliphatic carbocycles. The third-order valence-corrected chi connectivity index (χ3v) is 6.58. The van der Waals surface area contributed by atoms with Crippen molar-refractivity contribution in [1.82, 2.24) is 15.0 Å². The molecular weight excluding hydrogens is 456 g/mol. The highest BCUT2D eigenvalue weighted by Gasteiger charge is 2.21. The fraction of sp³-hybridized carbons (Fsp3) is 0.0833. The summed E-state index contributed by atoms with van der Waals surface area (Å²) in [6, 6.07) is 18.7. The molecule has 164 valence electrons. The summed E-state index contributed by atoms with van der Waals surface area (Å²) in [5.74, 6) is -0.313. The standard InChI is InChI=1S/C24H18N4O3S2/c1-14(22(29)28-24-27-19(13-33-24)20-8-5-11-32-20)31-23(30)16-9-10-17-18(12-16)26-21(25-17)15-6-3-2-4-7-15/h2-14H,1H3,(H,25,26)(H,27,28,29). The maximum atomic E-state index is 12.6. The molecule has 0 aliphatic heterocycles. The van der Waals surface area contributed by atoms with Gasteiger partial charge in [-0.05, 0) is 36.6 Å². The molecule has 33 heavy (non-hydrogen) atoms. The summed E-state index contributed by atoms with van der Waals surface area (Å²) in [5.41, 5.74) is 3.54. The number of thiophene rings is 1. The Hall–Kier alpha value is -3.82. The molecule has 0 bridgehead atoms. The molecule has 5 aromatic rings. The number of aromatic amines is 1. The highest BCUT2D eigenvalue weighted by molar-refractivity contribution is 7.16. The Morgan fingerprint density at radius 3 is 2.67 bits per heavy atom. The molecule has 0 saturated carbocycles. The first-order valence-electron chi connectivity index (χ1n) is 10.1. The molecule has 0 fully saturated rings. The quantitative estimate of drug-likeness (QED) is 0.312. The number of nitrogens with zero attached hydrogens (tertiary/aromatic N) is 2. The van der Waals surface area contributed by atoms with E-state index in [2.05, 4.69) is 20.3 Å². The number of fused-ring (bicyclic) bond motifs is 1. The van der Waals surface area contributed by atoms with Gasteiger partial charge in [-0.1, -0.05) is 36.4 Å². The van der Waals surface area contributed by atoms with Gasteiger partial charge in [-0.2, -0.15) is 0 Å². The molecule has 0 radical (unpaired) electrons. The molecule has 3 heterocycles. The van der Waals surface area contributed by atoms with Gasteiger partial charge in [0.25, 0.3) is 5.91 Å². The van der Waals surface area contributed by atoms with E-state index in [1.165, 1.54) is 18.3 Å². The molecule has 0 aliphatic rings. The van der Waals surface area contributed by atoms with Crippen molar-refractivity contribution in [2.75, 3.05) is 5.32 Å². The maximum Gasteiger partial charge on any atom is 0.338 e. The van der Waals surface area contributed by atoms with E-state index >= 15 is 0 Å². The average molecular weight is 475 g/mol. The second-order valence-electron chi connectivity index (χ2n) is 7.24. The summed E-state index contributed by atoms with van der Waals surface area (Å²) < 4.78 is 5.38. The van der Waals surface area contributed by atoms with Crippen molar-refractivity contribution in [1.29, 1.82) is 0 Å². The van der Waals surface area contributed by atoms with Crippen molar-refractivity contribution in [3.63, 3.8) is 0 Å². The number of esters is 1. The number of aromatic nitrogens is 3. The van der Waals surface area contributed by atoms with Crippen LogP contribution < -0.4 is 5.32 Å². The lowest BCUT2D eigenvalue weighted by Gasteiger charge is -2.12. The first kappa shape index (κ1) is 21.0. The minimum atomic E-state index is -0.982. The lowest BCUT2D eigenvalue weighted by atomic mass is 10.2. The van der Waals surface area contributed by atoms with E-state index < -0.39 is 18.0 Å². The van der Waals surface area contributed by atoms with Crippen LogP contribution in [-0.4, -0.2) is 32.9 Å². The van der Waals surface area contributed by atoms with Crippen LogP contribution in [0.3, 0.4) is 0 Å². The third-order valence-electron chi connectivity index (χ3n) is 4.93. The largest absolute Gasteiger partial charge is 0.449 e. The van der Waals surface area contributed by atoms with Gasteiger partial charge in [-0.3, -0.25) is 10.1 Å². The van der Waals surface area contributed by atoms with Crippen molar-refractivity contribution < 1.29 is 14.3 Å². The summed E-state index contributed by atoms with van der Waals surface area (Å²) in [6.45, 7) is 1.53. The molecule has 9 heteroatoms. The Balaban J connectivity index is 1.25. The number of imidazole rings is 1. The topological polar surface area (TPSA) is 97.0 Å². The summed E-state index contributed by atoms with van der Waals surface area (Å²) in [6.07, 6.45) is -0.982. The molecule has 1 atom stereocenters. The molecule has 1 amide bonds. The first-order valence-corrected chi connectivity index (χ1v) is 11.9. The summed E-state index contributed by atoms with van der Waals surface area (Å²) in [7, 11) is 0. The van der Waals surface area contributed by atoms with Gasteiger partial charge in [-0.25, -0.2) is 14.8 Å². The van der Waals surface area contributed by atoms with Crippen LogP contribution in [0.1, 0.15) is 17.3 Å². The van der Waals surface area contributed by atoms with Crippen molar-refractivity contribution >= 4 is 50.7 Å². The van der Waals surface area contributed by atoms with Crippen LogP contribution in [0.2, 0.25) is 0 Å². The Labute approximate surface area is 197 Å². The van der Waals surface area contributed by atoms with Crippen LogP contribution in [0.5, 0.6) is 0 Å². The SMILES string of the molecule is CC(OC(=O)c1ccc2nc(-c3ccccc3)[nH]c2c1)C(=O)Nc1nc(-c2cccs2)cs1. The van der Waals surface area contributed by atoms with Gasteiger partial charge in [0.1, 0.15) is 5.82 Å². The van der Waals surface area contributed by atoms with Crippen LogP contribution in [0, 0.1) is 0 Å². The molecule has 7 nitrogen and oxygen atoms in total. The monoisotopic (exact) mass is 474 g/mol. The Bertz CT molecular complexity index is 1420. The van der Waals surface area contributed by atoms with Gasteiger partial charge < -0.3 is 9.72 Å². The molecule has 0 saturated heterocycles. The van der Waals surface area contributed by atoms with Gasteiger partial charge in [0, 0.05) is 10.9 Å². The predicted octanol–water partition coefficient (Wildman–Crippen LogP) is 5.60. The zero-order valence-electron chi connectivity index (χ0n) is 17.4. The van der Waals surface area contributed by atoms with Crippen LogP contribution >= 0.6 is 22.7 Å². The molecular formula is C24H18N4O3S2. The lowest BCUT2D eigenvalue weighted by Crippen LogP contribution is -2.29. The van der Waals surface area contributed by atoms with Crippen LogP contribution in [0.25, 0.3) is 33.0 Å². The summed E-state index contributed by atoms with van der Waals surface area (Å²) >= 11 is 2.90.